The molecule has 1 aromatic heterocycles. The van der Waals surface area contributed by atoms with Crippen molar-refractivity contribution in [3.63, 3.8) is 0 Å². The molecule has 4 heteroatoms. The molecule has 1 aromatic carbocycles. The van der Waals surface area contributed by atoms with Crippen molar-refractivity contribution in [2.24, 2.45) is 0 Å². The van der Waals surface area contributed by atoms with Crippen molar-refractivity contribution in [2.75, 3.05) is 5.73 Å². The first kappa shape index (κ1) is 13.0. The van der Waals surface area contributed by atoms with E-state index in [0.29, 0.717) is 23.8 Å². The molecule has 4 nitrogen and oxygen atoms in total. The van der Waals surface area contributed by atoms with E-state index < -0.39 is 0 Å². The van der Waals surface area contributed by atoms with Gasteiger partial charge in [-0.25, -0.2) is 0 Å². The van der Waals surface area contributed by atoms with Gasteiger partial charge in [0.2, 0.25) is 5.88 Å². The van der Waals surface area contributed by atoms with Gasteiger partial charge in [-0.2, -0.15) is 5.26 Å². The minimum atomic E-state index is 0.492. The molecule has 2 rings (SSSR count). The van der Waals surface area contributed by atoms with Crippen molar-refractivity contribution in [3.8, 4) is 17.7 Å². The first-order chi connectivity index (χ1) is 9.15. The van der Waals surface area contributed by atoms with Crippen LogP contribution in [0.2, 0.25) is 0 Å². The van der Waals surface area contributed by atoms with Crippen LogP contribution in [0.4, 0.5) is 5.69 Å². The van der Waals surface area contributed by atoms with Crippen LogP contribution in [0.1, 0.15) is 24.6 Å². The van der Waals surface area contributed by atoms with Gasteiger partial charge in [-0.15, -0.1) is 0 Å². The monoisotopic (exact) mass is 255 g/mol. The van der Waals surface area contributed by atoms with E-state index in [1.165, 1.54) is 0 Å². The number of nitrogens with two attached hydrogens (primary N) is 1. The Bertz CT molecular complexity index is 623. The van der Waals surface area contributed by atoms with Gasteiger partial charge in [0.1, 0.15) is 17.5 Å². The maximum atomic E-state index is 9.11. The van der Waals surface area contributed by atoms with Crippen LogP contribution in [0, 0.1) is 18.3 Å². The molecule has 98 valence electrons. The molecule has 0 amide bonds. The number of rotatable bonds is 4. The standard InChI is InChI=1S/C15H17N3O/c1-3-7-18-12(10-16)9-14(17)15(18)19-13-6-4-5-11(2)8-13/h4-6,8-9H,3,7,17H2,1-2H3. The fourth-order valence-corrected chi connectivity index (χ4v) is 1.99. The Morgan fingerprint density at radius 2 is 2.16 bits per heavy atom. The number of nitrogens with zero attached hydrogens (tertiary/aromatic N) is 2. The topological polar surface area (TPSA) is 64.0 Å². The Morgan fingerprint density at radius 1 is 1.37 bits per heavy atom. The molecule has 0 bridgehead atoms. The van der Waals surface area contributed by atoms with Gasteiger partial charge in [-0.05, 0) is 31.0 Å². The summed E-state index contributed by atoms with van der Waals surface area (Å²) in [5.41, 5.74) is 8.07. The van der Waals surface area contributed by atoms with Crippen molar-refractivity contribution in [1.82, 2.24) is 4.57 Å². The molecule has 1 heterocycles. The minimum absolute atomic E-state index is 0.492. The Morgan fingerprint density at radius 3 is 2.79 bits per heavy atom. The van der Waals surface area contributed by atoms with E-state index >= 15 is 0 Å². The molecule has 0 aliphatic rings. The third-order valence-corrected chi connectivity index (χ3v) is 2.84. The third kappa shape index (κ3) is 2.71. The molecular weight excluding hydrogens is 238 g/mol. The number of nitrogen functional groups attached to an aromatic ring is 1. The quantitative estimate of drug-likeness (QED) is 0.910. The van der Waals surface area contributed by atoms with Crippen LogP contribution in [-0.2, 0) is 6.54 Å². The number of aryl methyl sites for hydroxylation is 1. The smallest absolute Gasteiger partial charge is 0.224 e. The molecule has 0 fully saturated rings. The number of hydrogen-bond donors (Lipinski definition) is 1. The van der Waals surface area contributed by atoms with Crippen molar-refractivity contribution in [3.05, 3.63) is 41.6 Å². The molecule has 2 aromatic rings. The van der Waals surface area contributed by atoms with Gasteiger partial charge in [-0.3, -0.25) is 0 Å². The lowest BCUT2D eigenvalue weighted by Gasteiger charge is -2.11. The highest BCUT2D eigenvalue weighted by molar-refractivity contribution is 5.56. The fraction of sp³-hybridized carbons (Fsp3) is 0.267. The molecule has 0 saturated heterocycles. The van der Waals surface area contributed by atoms with Crippen LogP contribution in [0.3, 0.4) is 0 Å². The Hall–Kier alpha value is -2.41. The van der Waals surface area contributed by atoms with Gasteiger partial charge in [0.25, 0.3) is 0 Å². The summed E-state index contributed by atoms with van der Waals surface area (Å²) in [4.78, 5) is 0. The molecule has 0 aliphatic carbocycles. The largest absolute Gasteiger partial charge is 0.439 e. The molecule has 0 saturated carbocycles. The lowest BCUT2D eigenvalue weighted by Crippen LogP contribution is -2.03. The van der Waals surface area contributed by atoms with Crippen molar-refractivity contribution in [1.29, 1.82) is 5.26 Å². The highest BCUT2D eigenvalue weighted by Crippen LogP contribution is 2.31. The number of ether oxygens (including phenoxy) is 1. The molecule has 0 spiro atoms. The van der Waals surface area contributed by atoms with Crippen LogP contribution in [0.15, 0.2) is 30.3 Å². The number of aromatic nitrogens is 1. The second-order valence-electron chi connectivity index (χ2n) is 4.47. The molecule has 0 unspecified atom stereocenters. The molecule has 0 aliphatic heterocycles. The number of hydrogen-bond acceptors (Lipinski definition) is 3. The average molecular weight is 255 g/mol. The first-order valence-corrected chi connectivity index (χ1v) is 6.29. The highest BCUT2D eigenvalue weighted by Gasteiger charge is 2.14. The summed E-state index contributed by atoms with van der Waals surface area (Å²) in [6.45, 7) is 4.76. The van der Waals surface area contributed by atoms with Gasteiger partial charge >= 0.3 is 0 Å². The summed E-state index contributed by atoms with van der Waals surface area (Å²) >= 11 is 0. The minimum Gasteiger partial charge on any atom is -0.439 e. The SMILES string of the molecule is CCCn1c(C#N)cc(N)c1Oc1cccc(C)c1. The lowest BCUT2D eigenvalue weighted by atomic mass is 10.2. The highest BCUT2D eigenvalue weighted by atomic mass is 16.5. The summed E-state index contributed by atoms with van der Waals surface area (Å²) in [5, 5.41) is 9.11. The molecule has 0 atom stereocenters. The summed E-state index contributed by atoms with van der Waals surface area (Å²) in [7, 11) is 0. The van der Waals surface area contributed by atoms with Gasteiger partial charge in [0, 0.05) is 12.6 Å². The Kier molecular flexibility index (Phi) is 3.76. The van der Waals surface area contributed by atoms with Gasteiger partial charge in [0.15, 0.2) is 0 Å². The van der Waals surface area contributed by atoms with E-state index in [-0.39, 0.29) is 0 Å². The van der Waals surface area contributed by atoms with Crippen molar-refractivity contribution < 1.29 is 4.74 Å². The second-order valence-corrected chi connectivity index (χ2v) is 4.47. The van der Waals surface area contributed by atoms with Gasteiger partial charge in [0.05, 0.1) is 5.69 Å². The predicted molar refractivity (Wildman–Crippen MR) is 75.1 cm³/mol. The van der Waals surface area contributed by atoms with Crippen LogP contribution in [0.5, 0.6) is 11.6 Å². The summed E-state index contributed by atoms with van der Waals surface area (Å²) in [6.07, 6.45) is 0.910. The Balaban J connectivity index is 2.39. The maximum absolute atomic E-state index is 9.11. The van der Waals surface area contributed by atoms with E-state index in [2.05, 4.69) is 6.07 Å². The lowest BCUT2D eigenvalue weighted by molar-refractivity contribution is 0.428. The fourth-order valence-electron chi connectivity index (χ4n) is 1.99. The molecular formula is C15H17N3O. The van der Waals surface area contributed by atoms with Crippen LogP contribution in [-0.4, -0.2) is 4.57 Å². The van der Waals surface area contributed by atoms with E-state index in [4.69, 9.17) is 15.7 Å². The van der Waals surface area contributed by atoms with E-state index in [9.17, 15) is 0 Å². The van der Waals surface area contributed by atoms with Gasteiger partial charge in [-0.1, -0.05) is 19.1 Å². The van der Waals surface area contributed by atoms with Crippen molar-refractivity contribution in [2.45, 2.75) is 26.8 Å². The zero-order valence-electron chi connectivity index (χ0n) is 11.2. The molecule has 2 N–H and O–H groups in total. The zero-order valence-corrected chi connectivity index (χ0v) is 11.2. The van der Waals surface area contributed by atoms with E-state index in [0.717, 1.165) is 17.7 Å². The normalized spacial score (nSPS) is 10.2. The van der Waals surface area contributed by atoms with Crippen molar-refractivity contribution >= 4 is 5.69 Å². The maximum Gasteiger partial charge on any atom is 0.224 e. The second kappa shape index (κ2) is 5.49. The predicted octanol–water partition coefficient (Wildman–Crippen LogP) is 3.45. The average Bonchev–Trinajstić information content (AvgIpc) is 2.67. The number of nitriles is 1. The Labute approximate surface area is 113 Å². The van der Waals surface area contributed by atoms with Crippen LogP contribution in [0.25, 0.3) is 0 Å². The summed E-state index contributed by atoms with van der Waals surface area (Å²) in [5.74, 6) is 1.27. The van der Waals surface area contributed by atoms with E-state index in [1.54, 1.807) is 6.07 Å². The molecule has 19 heavy (non-hydrogen) atoms. The number of benzene rings is 1. The first-order valence-electron chi connectivity index (χ1n) is 6.29. The summed E-state index contributed by atoms with van der Waals surface area (Å²) in [6, 6.07) is 11.5. The molecule has 0 radical (unpaired) electrons. The van der Waals surface area contributed by atoms with Gasteiger partial charge < -0.3 is 15.0 Å². The van der Waals surface area contributed by atoms with Crippen LogP contribution < -0.4 is 10.5 Å². The zero-order chi connectivity index (χ0) is 13.8. The van der Waals surface area contributed by atoms with E-state index in [1.807, 2.05) is 42.7 Å². The third-order valence-electron chi connectivity index (χ3n) is 2.84. The number of anilines is 1. The summed E-state index contributed by atoms with van der Waals surface area (Å²) < 4.78 is 7.66. The van der Waals surface area contributed by atoms with Crippen LogP contribution >= 0.6 is 0 Å².